The van der Waals surface area contributed by atoms with E-state index in [0.29, 0.717) is 0 Å². The molecule has 7 nitrogen and oxygen atoms in total. The zero-order chi connectivity index (χ0) is 16.4. The van der Waals surface area contributed by atoms with Crippen LogP contribution >= 0.6 is 0 Å². The maximum absolute atomic E-state index is 14.0. The van der Waals surface area contributed by atoms with Crippen LogP contribution in [-0.4, -0.2) is 52.9 Å². The van der Waals surface area contributed by atoms with Crippen LogP contribution in [-0.2, 0) is 0 Å². The van der Waals surface area contributed by atoms with Crippen molar-refractivity contribution in [3.8, 4) is 11.4 Å². The van der Waals surface area contributed by atoms with Gasteiger partial charge in [0, 0.05) is 14.1 Å². The average molecular weight is 307 g/mol. The van der Waals surface area contributed by atoms with Crippen LogP contribution in [0.25, 0.3) is 5.69 Å². The number of carbonyl (C=O) groups is 2. The Balaban J connectivity index is 2.81. The van der Waals surface area contributed by atoms with E-state index < -0.39 is 23.4 Å². The van der Waals surface area contributed by atoms with Gasteiger partial charge in [-0.15, -0.1) is 0 Å². The Hall–Kier alpha value is -2.90. The molecule has 1 aromatic heterocycles. The maximum atomic E-state index is 14.0. The fourth-order valence-corrected chi connectivity index (χ4v) is 1.93. The molecule has 0 saturated heterocycles. The molecule has 2 aromatic rings. The van der Waals surface area contributed by atoms with E-state index in [1.807, 2.05) is 0 Å². The summed E-state index contributed by atoms with van der Waals surface area (Å²) in [6, 6.07) is 5.61. The van der Waals surface area contributed by atoms with Crippen LogP contribution in [0.3, 0.4) is 0 Å². The van der Waals surface area contributed by atoms with Crippen molar-refractivity contribution in [1.82, 2.24) is 14.7 Å². The van der Waals surface area contributed by atoms with Gasteiger partial charge in [0.2, 0.25) is 5.69 Å². The number of hydrogen-bond donors (Lipinski definition) is 1. The topological polar surface area (TPSA) is 84.7 Å². The number of carboxylic acids is 1. The molecule has 0 aliphatic rings. The van der Waals surface area contributed by atoms with Crippen molar-refractivity contribution in [3.63, 3.8) is 0 Å². The van der Waals surface area contributed by atoms with Gasteiger partial charge in [-0.25, -0.2) is 13.9 Å². The van der Waals surface area contributed by atoms with Crippen LogP contribution in [0, 0.1) is 5.82 Å². The second kappa shape index (κ2) is 5.84. The number of halogens is 1. The predicted octanol–water partition coefficient (Wildman–Crippen LogP) is 1.42. The van der Waals surface area contributed by atoms with Crippen molar-refractivity contribution in [1.29, 1.82) is 0 Å². The molecular weight excluding hydrogens is 293 g/mol. The number of carbonyl (C=O) groups excluding carboxylic acids is 1. The first-order valence-corrected chi connectivity index (χ1v) is 6.25. The first-order chi connectivity index (χ1) is 10.4. The summed E-state index contributed by atoms with van der Waals surface area (Å²) >= 11 is 0. The predicted molar refractivity (Wildman–Crippen MR) is 75.1 cm³/mol. The van der Waals surface area contributed by atoms with Crippen LogP contribution in [0.15, 0.2) is 24.3 Å². The van der Waals surface area contributed by atoms with Crippen molar-refractivity contribution < 1.29 is 23.8 Å². The van der Waals surface area contributed by atoms with Gasteiger partial charge < -0.3 is 14.7 Å². The molecule has 0 aliphatic heterocycles. The number of rotatable bonds is 4. The quantitative estimate of drug-likeness (QED) is 0.923. The third-order valence-electron chi connectivity index (χ3n) is 2.94. The van der Waals surface area contributed by atoms with Gasteiger partial charge in [0.1, 0.15) is 11.5 Å². The summed E-state index contributed by atoms with van der Waals surface area (Å²) in [5.41, 5.74) is -0.663. The minimum absolute atomic E-state index is 0.0431. The number of aromatic carboxylic acids is 1. The highest BCUT2D eigenvalue weighted by Gasteiger charge is 2.30. The van der Waals surface area contributed by atoms with Crippen molar-refractivity contribution >= 4 is 11.9 Å². The summed E-state index contributed by atoms with van der Waals surface area (Å²) in [6.45, 7) is 0. The van der Waals surface area contributed by atoms with Gasteiger partial charge in [-0.1, -0.05) is 12.1 Å². The number of benzene rings is 1. The third kappa shape index (κ3) is 2.50. The lowest BCUT2D eigenvalue weighted by atomic mass is 10.2. The fraction of sp³-hybridized carbons (Fsp3) is 0.214. The molecule has 8 heteroatoms. The molecular formula is C14H14FN3O4. The molecule has 1 heterocycles. The number of carboxylic acid groups (broad SMARTS) is 1. The summed E-state index contributed by atoms with van der Waals surface area (Å²) in [5, 5.41) is 13.0. The number of ether oxygens (including phenoxy) is 1. The van der Waals surface area contributed by atoms with E-state index >= 15 is 0 Å². The van der Waals surface area contributed by atoms with Gasteiger partial charge in [-0.05, 0) is 12.1 Å². The van der Waals surface area contributed by atoms with Gasteiger partial charge in [0.05, 0.1) is 7.11 Å². The van der Waals surface area contributed by atoms with Crippen LogP contribution < -0.4 is 4.74 Å². The minimum atomic E-state index is -1.38. The summed E-state index contributed by atoms with van der Waals surface area (Å²) in [7, 11) is 4.20. The Morgan fingerprint density at radius 1 is 1.32 bits per heavy atom. The Morgan fingerprint density at radius 2 is 1.95 bits per heavy atom. The van der Waals surface area contributed by atoms with Gasteiger partial charge in [0.25, 0.3) is 5.91 Å². The molecule has 2 rings (SSSR count). The Morgan fingerprint density at radius 3 is 2.45 bits per heavy atom. The van der Waals surface area contributed by atoms with E-state index in [9.17, 15) is 19.1 Å². The number of methoxy groups -OCH3 is 1. The maximum Gasteiger partial charge on any atom is 0.360 e. The Bertz CT molecular complexity index is 740. The zero-order valence-corrected chi connectivity index (χ0v) is 12.2. The first kappa shape index (κ1) is 15.5. The number of para-hydroxylation sites is 1. The average Bonchev–Trinajstić information content (AvgIpc) is 2.86. The SMILES string of the molecule is COc1c(C(=O)O)nn(-c2ccccc2F)c1C(=O)N(C)C. The van der Waals surface area contributed by atoms with Gasteiger partial charge in [0.15, 0.2) is 11.4 Å². The summed E-state index contributed by atoms with van der Waals surface area (Å²) < 4.78 is 20.0. The largest absolute Gasteiger partial charge is 0.492 e. The molecule has 1 N–H and O–H groups in total. The number of nitrogens with zero attached hydrogens (tertiary/aromatic N) is 3. The van der Waals surface area contributed by atoms with Crippen LogP contribution in [0.2, 0.25) is 0 Å². The van der Waals surface area contributed by atoms with E-state index in [2.05, 4.69) is 5.10 Å². The first-order valence-electron chi connectivity index (χ1n) is 6.25. The molecule has 22 heavy (non-hydrogen) atoms. The Kier molecular flexibility index (Phi) is 4.11. The van der Waals surface area contributed by atoms with Crippen LogP contribution in [0.5, 0.6) is 5.75 Å². The summed E-state index contributed by atoms with van der Waals surface area (Å²) in [6.07, 6.45) is 0. The lowest BCUT2D eigenvalue weighted by molar-refractivity contribution is 0.0686. The molecule has 0 fully saturated rings. The van der Waals surface area contributed by atoms with E-state index in [1.54, 1.807) is 6.07 Å². The molecule has 0 radical (unpaired) electrons. The lowest BCUT2D eigenvalue weighted by Crippen LogP contribution is -2.25. The second-order valence-corrected chi connectivity index (χ2v) is 4.60. The van der Waals surface area contributed by atoms with Gasteiger partial charge >= 0.3 is 5.97 Å². The smallest absolute Gasteiger partial charge is 0.360 e. The van der Waals surface area contributed by atoms with Crippen LogP contribution in [0.4, 0.5) is 4.39 Å². The second-order valence-electron chi connectivity index (χ2n) is 4.60. The van der Waals surface area contributed by atoms with Crippen molar-refractivity contribution in [2.45, 2.75) is 0 Å². The lowest BCUT2D eigenvalue weighted by Gasteiger charge is -2.13. The van der Waals surface area contributed by atoms with Gasteiger partial charge in [-0.3, -0.25) is 4.79 Å². The van der Waals surface area contributed by atoms with Crippen molar-refractivity contribution in [3.05, 3.63) is 41.5 Å². The number of amides is 1. The molecule has 1 aromatic carbocycles. The Labute approximate surface area is 125 Å². The molecule has 1 amide bonds. The molecule has 116 valence electrons. The monoisotopic (exact) mass is 307 g/mol. The number of aromatic nitrogens is 2. The van der Waals surface area contributed by atoms with Crippen LogP contribution in [0.1, 0.15) is 21.0 Å². The summed E-state index contributed by atoms with van der Waals surface area (Å²) in [5.74, 6) is -2.79. The molecule has 0 aliphatic carbocycles. The molecule has 0 bridgehead atoms. The van der Waals surface area contributed by atoms with E-state index in [4.69, 9.17) is 4.74 Å². The third-order valence-corrected chi connectivity index (χ3v) is 2.94. The van der Waals surface area contributed by atoms with Crippen molar-refractivity contribution in [2.24, 2.45) is 0 Å². The normalized spacial score (nSPS) is 10.4. The van der Waals surface area contributed by atoms with Gasteiger partial charge in [-0.2, -0.15) is 5.10 Å². The van der Waals surface area contributed by atoms with E-state index in [-0.39, 0.29) is 17.1 Å². The highest BCUT2D eigenvalue weighted by atomic mass is 19.1. The summed E-state index contributed by atoms with van der Waals surface area (Å²) in [4.78, 5) is 24.8. The minimum Gasteiger partial charge on any atom is -0.492 e. The van der Waals surface area contributed by atoms with Crippen molar-refractivity contribution in [2.75, 3.05) is 21.2 Å². The highest BCUT2D eigenvalue weighted by molar-refractivity contribution is 6.00. The molecule has 0 unspecified atom stereocenters. The molecule has 0 saturated carbocycles. The highest BCUT2D eigenvalue weighted by Crippen LogP contribution is 2.28. The molecule has 0 spiro atoms. The van der Waals surface area contributed by atoms with E-state index in [0.717, 1.165) is 4.68 Å². The number of hydrogen-bond acceptors (Lipinski definition) is 4. The van der Waals surface area contributed by atoms with E-state index in [1.165, 1.54) is 44.3 Å². The fourth-order valence-electron chi connectivity index (χ4n) is 1.93. The standard InChI is InChI=1S/C14H14FN3O4/c1-17(2)13(19)11-12(22-3)10(14(20)21)16-18(11)9-7-5-4-6-8(9)15/h4-7H,1-3H3,(H,20,21). The zero-order valence-electron chi connectivity index (χ0n) is 12.2. The molecule has 0 atom stereocenters.